The van der Waals surface area contributed by atoms with E-state index >= 15 is 0 Å². The van der Waals surface area contributed by atoms with Crippen LogP contribution in [0.2, 0.25) is 0 Å². The lowest BCUT2D eigenvalue weighted by Crippen LogP contribution is -2.56. The quantitative estimate of drug-likeness (QED) is 0.0484. The van der Waals surface area contributed by atoms with Crippen molar-refractivity contribution < 1.29 is 14.7 Å². The van der Waals surface area contributed by atoms with E-state index in [1.54, 1.807) is 0 Å². The molecule has 2 unspecified atom stereocenters. The number of Topliss-reactive ketones (excluding diaryl/α,β-unsaturated/α-hetero) is 2. The van der Waals surface area contributed by atoms with E-state index in [1.165, 1.54) is 122 Å². The minimum Gasteiger partial charge on any atom is -0.396 e. The van der Waals surface area contributed by atoms with Crippen molar-refractivity contribution >= 4 is 28.5 Å². The maximum atomic E-state index is 13.7. The molecule has 0 saturated heterocycles. The lowest BCUT2D eigenvalue weighted by molar-refractivity contribution is -0.137. The molecule has 0 aromatic heterocycles. The summed E-state index contributed by atoms with van der Waals surface area (Å²) in [5.41, 5.74) is 5.24. The number of hydrogen-bond donors (Lipinski definition) is 2. The molecule has 50 heavy (non-hydrogen) atoms. The number of hydrogen-bond acceptors (Lipinski definition) is 4. The third-order valence-electron chi connectivity index (χ3n) is 10.9. The Bertz CT molecular complexity index is 823. The Kier molecular flexibility index (Phi) is 37.5. The zero-order chi connectivity index (χ0) is 36.3. The van der Waals surface area contributed by atoms with E-state index in [0.717, 1.165) is 51.4 Å². The molecule has 0 aliphatic rings. The second-order valence-electron chi connectivity index (χ2n) is 15.7. The first kappa shape index (κ1) is 51.3. The van der Waals surface area contributed by atoms with Gasteiger partial charge in [-0.05, 0) is 90.4 Å². The third-order valence-corrected chi connectivity index (χ3v) is 10.9. The highest BCUT2D eigenvalue weighted by Crippen LogP contribution is 2.40. The van der Waals surface area contributed by atoms with Crippen molar-refractivity contribution in [2.75, 3.05) is 6.61 Å². The van der Waals surface area contributed by atoms with Crippen molar-refractivity contribution in [1.29, 1.82) is 0 Å². The molecule has 0 fully saturated rings. The Labute approximate surface area is 322 Å². The van der Waals surface area contributed by atoms with Crippen molar-refractivity contribution in [3.05, 3.63) is 24.3 Å². The van der Waals surface area contributed by atoms with Gasteiger partial charge in [0.2, 0.25) is 0 Å². The first-order chi connectivity index (χ1) is 23.7. The molecule has 0 aromatic carbocycles. The summed E-state index contributed by atoms with van der Waals surface area (Å²) >= 11 is 0. The second kappa shape index (κ2) is 36.6. The van der Waals surface area contributed by atoms with Crippen LogP contribution in [0.4, 0.5) is 0 Å². The summed E-state index contributed by atoms with van der Waals surface area (Å²) in [4.78, 5) is 27.0. The first-order valence-electron chi connectivity index (χ1n) is 21.5. The number of rotatable bonds is 38. The summed E-state index contributed by atoms with van der Waals surface area (Å²) < 4.78 is 0. The topological polar surface area (TPSA) is 80.4 Å². The largest absolute Gasteiger partial charge is 0.396 e. The summed E-state index contributed by atoms with van der Waals surface area (Å²) in [6.45, 7) is 8.57. The Morgan fingerprint density at radius 2 is 0.880 bits per heavy atom. The highest BCUT2D eigenvalue weighted by atomic mass is 79.9. The number of nitrogens with two attached hydrogens (primary N) is 1. The summed E-state index contributed by atoms with van der Waals surface area (Å²) in [7, 11) is 0. The van der Waals surface area contributed by atoms with E-state index in [0.29, 0.717) is 25.7 Å². The number of aliphatic hydroxyl groups is 1. The fourth-order valence-corrected chi connectivity index (χ4v) is 7.01. The molecule has 0 bridgehead atoms. The number of unbranched alkanes of at least 4 members (excludes halogenated alkanes) is 23. The molecule has 0 heterocycles. The van der Waals surface area contributed by atoms with Gasteiger partial charge in [0.15, 0.2) is 0 Å². The molecular formula is C45H86BrNO3. The zero-order valence-electron chi connectivity index (χ0n) is 33.9. The molecular weight excluding hydrogens is 682 g/mol. The smallest absolute Gasteiger partial charge is 0.141 e. The molecule has 0 amide bonds. The lowest BCUT2D eigenvalue weighted by Gasteiger charge is -2.43. The zero-order valence-corrected chi connectivity index (χ0v) is 35.6. The molecule has 0 aliphatic heterocycles. The molecule has 0 rings (SSSR count). The van der Waals surface area contributed by atoms with E-state index in [4.69, 9.17) is 5.73 Å². The van der Waals surface area contributed by atoms with Crippen LogP contribution in [0.15, 0.2) is 24.3 Å². The molecule has 0 aliphatic carbocycles. The van der Waals surface area contributed by atoms with Gasteiger partial charge in [-0.3, -0.25) is 9.59 Å². The average molecular weight is 769 g/mol. The Morgan fingerprint density at radius 3 is 1.28 bits per heavy atom. The number of aliphatic hydroxyl groups excluding tert-OH is 1. The molecule has 5 heteroatoms. The van der Waals surface area contributed by atoms with Crippen molar-refractivity contribution in [3.63, 3.8) is 0 Å². The number of carbonyl (C=O) groups excluding carboxylic acids is 2. The van der Waals surface area contributed by atoms with Crippen molar-refractivity contribution in [3.8, 4) is 0 Å². The molecule has 0 aromatic rings. The van der Waals surface area contributed by atoms with Crippen LogP contribution in [-0.4, -0.2) is 28.8 Å². The van der Waals surface area contributed by atoms with Crippen LogP contribution in [0.3, 0.4) is 0 Å². The maximum absolute atomic E-state index is 13.7. The van der Waals surface area contributed by atoms with Crippen molar-refractivity contribution in [1.82, 2.24) is 0 Å². The Morgan fingerprint density at radius 1 is 0.520 bits per heavy atom. The van der Waals surface area contributed by atoms with Gasteiger partial charge < -0.3 is 10.8 Å². The van der Waals surface area contributed by atoms with E-state index in [9.17, 15) is 14.7 Å². The summed E-state index contributed by atoms with van der Waals surface area (Å²) in [6.07, 6.45) is 44.9. The standard InChI is InChI=1S/C45H85NO3.BrH/c1-5-7-9-11-13-15-17-19-21-23-25-27-29-31-33-37-42(48)41-44(3,45(4,46)39-35-36-40-47)43(49)38-34-32-30-28-26-24-22-20-18-16-14-12-10-8-6-2;/h19-22,47H,5-18,23-41,46H2,1-4H3;1H/b21-19-,22-20-;. The van der Waals surface area contributed by atoms with Gasteiger partial charge in [0.05, 0.1) is 5.41 Å². The fraction of sp³-hybridized carbons (Fsp3) is 0.867. The average Bonchev–Trinajstić information content (AvgIpc) is 3.08. The van der Waals surface area contributed by atoms with E-state index in [1.807, 2.05) is 13.8 Å². The van der Waals surface area contributed by atoms with Crippen LogP contribution >= 0.6 is 17.0 Å². The van der Waals surface area contributed by atoms with Gasteiger partial charge >= 0.3 is 0 Å². The van der Waals surface area contributed by atoms with Gasteiger partial charge in [-0.1, -0.05) is 148 Å². The summed E-state index contributed by atoms with van der Waals surface area (Å²) in [6, 6.07) is 0. The number of ketones is 2. The van der Waals surface area contributed by atoms with Crippen LogP contribution < -0.4 is 5.73 Å². The molecule has 4 nitrogen and oxygen atoms in total. The van der Waals surface area contributed by atoms with Gasteiger partial charge in [0.1, 0.15) is 11.6 Å². The molecule has 0 radical (unpaired) electrons. The highest BCUT2D eigenvalue weighted by Gasteiger charge is 2.47. The van der Waals surface area contributed by atoms with Gasteiger partial charge in [-0.25, -0.2) is 0 Å². The third kappa shape index (κ3) is 28.8. The number of allylic oxidation sites excluding steroid dienone is 4. The minimum absolute atomic E-state index is 0. The summed E-state index contributed by atoms with van der Waals surface area (Å²) in [5, 5.41) is 9.32. The normalized spacial score (nSPS) is 14.2. The van der Waals surface area contributed by atoms with Crippen molar-refractivity contribution in [2.24, 2.45) is 11.1 Å². The van der Waals surface area contributed by atoms with Gasteiger partial charge in [0, 0.05) is 31.4 Å². The maximum Gasteiger partial charge on any atom is 0.141 e. The van der Waals surface area contributed by atoms with Gasteiger partial charge in [0.25, 0.3) is 0 Å². The predicted molar refractivity (Wildman–Crippen MR) is 225 cm³/mol. The van der Waals surface area contributed by atoms with Crippen LogP contribution in [0.1, 0.15) is 233 Å². The number of carbonyl (C=O) groups is 2. The SMILES string of the molecule is Br.CCCCCCCC/C=C\CCCCCCCC(=O)CC(C)(C(=O)CCCCCCC/C=C\CCCCCCCC)C(C)(N)CCCCO. The predicted octanol–water partition coefficient (Wildman–Crippen LogP) is 14.1. The van der Waals surface area contributed by atoms with Crippen LogP contribution in [-0.2, 0) is 9.59 Å². The van der Waals surface area contributed by atoms with Crippen LogP contribution in [0.25, 0.3) is 0 Å². The van der Waals surface area contributed by atoms with Crippen LogP contribution in [0, 0.1) is 5.41 Å². The van der Waals surface area contributed by atoms with Gasteiger partial charge in [-0.15, -0.1) is 17.0 Å². The number of halogens is 1. The van der Waals surface area contributed by atoms with E-state index in [2.05, 4.69) is 38.2 Å². The van der Waals surface area contributed by atoms with Crippen LogP contribution in [0.5, 0.6) is 0 Å². The fourth-order valence-electron chi connectivity index (χ4n) is 7.01. The second-order valence-corrected chi connectivity index (χ2v) is 15.7. The van der Waals surface area contributed by atoms with Gasteiger partial charge in [-0.2, -0.15) is 0 Å². The highest BCUT2D eigenvalue weighted by molar-refractivity contribution is 8.93. The monoisotopic (exact) mass is 768 g/mol. The molecule has 0 spiro atoms. The summed E-state index contributed by atoms with van der Waals surface area (Å²) in [5.74, 6) is 0.328. The molecule has 0 saturated carbocycles. The molecule has 2 atom stereocenters. The Hall–Kier alpha value is -0.780. The van der Waals surface area contributed by atoms with E-state index < -0.39 is 11.0 Å². The molecule has 296 valence electrons. The van der Waals surface area contributed by atoms with Crippen molar-refractivity contribution in [2.45, 2.75) is 239 Å². The minimum atomic E-state index is -0.859. The lowest BCUT2D eigenvalue weighted by atomic mass is 9.63. The molecule has 3 N–H and O–H groups in total. The Balaban J connectivity index is 0. The van der Waals surface area contributed by atoms with E-state index in [-0.39, 0.29) is 41.6 Å². The first-order valence-corrected chi connectivity index (χ1v) is 21.5.